The summed E-state index contributed by atoms with van der Waals surface area (Å²) in [6.07, 6.45) is -2.84. The summed E-state index contributed by atoms with van der Waals surface area (Å²) in [7, 11) is 0. The van der Waals surface area contributed by atoms with Gasteiger partial charge in [0, 0.05) is 0 Å². The van der Waals surface area contributed by atoms with Gasteiger partial charge in [0.15, 0.2) is 6.10 Å². The summed E-state index contributed by atoms with van der Waals surface area (Å²) in [5.41, 5.74) is 0. The highest BCUT2D eigenvalue weighted by Gasteiger charge is 2.18. The fraction of sp³-hybridized carbons (Fsp3) is 0.947. The molecule has 192 valence electrons. The summed E-state index contributed by atoms with van der Waals surface area (Å²) in [5.74, 6) is 0. The van der Waals surface area contributed by atoms with Crippen LogP contribution in [0.4, 0.5) is 4.79 Å². The first-order valence-corrected chi connectivity index (χ1v) is 10.4. The van der Waals surface area contributed by atoms with Crippen molar-refractivity contribution in [3.8, 4) is 0 Å². The lowest BCUT2D eigenvalue weighted by molar-refractivity contribution is -0.107. The Morgan fingerprint density at radius 2 is 0.906 bits per heavy atom. The summed E-state index contributed by atoms with van der Waals surface area (Å²) in [6.45, 7) is 2.25. The van der Waals surface area contributed by atoms with Gasteiger partial charge in [0.1, 0.15) is 6.10 Å². The van der Waals surface area contributed by atoms with Gasteiger partial charge in [-0.3, -0.25) is 0 Å². The van der Waals surface area contributed by atoms with E-state index in [2.05, 4.69) is 0 Å². The van der Waals surface area contributed by atoms with E-state index < -0.39 is 18.4 Å². The van der Waals surface area contributed by atoms with Gasteiger partial charge in [-0.2, -0.15) is 0 Å². The fourth-order valence-corrected chi connectivity index (χ4v) is 2.14. The molecule has 0 amide bonds. The Morgan fingerprint density at radius 1 is 0.531 bits per heavy atom. The average Bonchev–Trinajstić information content (AvgIpc) is 2.77. The maximum atomic E-state index is 10.9. The molecule has 0 heterocycles. The molecule has 13 nitrogen and oxygen atoms in total. The van der Waals surface area contributed by atoms with Crippen LogP contribution in [0.25, 0.3) is 0 Å². The monoisotopic (exact) mass is 474 g/mol. The Morgan fingerprint density at radius 3 is 1.28 bits per heavy atom. The van der Waals surface area contributed by atoms with Gasteiger partial charge >= 0.3 is 6.16 Å². The number of rotatable bonds is 25. The van der Waals surface area contributed by atoms with Gasteiger partial charge in [0.25, 0.3) is 0 Å². The van der Waals surface area contributed by atoms with E-state index in [0.29, 0.717) is 13.2 Å². The SMILES string of the molecule is O=C(O)OC(COCCOCCO)COC(COCCOCCO)COCCOCCO. The summed E-state index contributed by atoms with van der Waals surface area (Å²) < 4.78 is 42.1. The Balaban J connectivity index is 4.36. The summed E-state index contributed by atoms with van der Waals surface area (Å²) in [6, 6.07) is 0. The van der Waals surface area contributed by atoms with Crippen molar-refractivity contribution in [1.82, 2.24) is 0 Å². The molecule has 32 heavy (non-hydrogen) atoms. The molecule has 0 saturated heterocycles. The Kier molecular flexibility index (Phi) is 23.6. The van der Waals surface area contributed by atoms with Crippen LogP contribution in [0.5, 0.6) is 0 Å². The fourth-order valence-electron chi connectivity index (χ4n) is 2.14. The molecule has 0 saturated carbocycles. The normalized spacial score (nSPS) is 12.4. The van der Waals surface area contributed by atoms with Crippen molar-refractivity contribution in [1.29, 1.82) is 0 Å². The van der Waals surface area contributed by atoms with E-state index in [1.165, 1.54) is 0 Å². The molecule has 0 aliphatic rings. The molecule has 0 aromatic carbocycles. The molecule has 0 fully saturated rings. The molecule has 0 aromatic heterocycles. The highest BCUT2D eigenvalue weighted by atomic mass is 16.7. The van der Waals surface area contributed by atoms with E-state index in [4.69, 9.17) is 58.3 Å². The lowest BCUT2D eigenvalue weighted by atomic mass is 10.3. The number of carbonyl (C=O) groups is 1. The Hall–Kier alpha value is -1.13. The first-order chi connectivity index (χ1) is 15.6. The second-order valence-electron chi connectivity index (χ2n) is 6.19. The Labute approximate surface area is 188 Å². The van der Waals surface area contributed by atoms with E-state index in [9.17, 15) is 4.79 Å². The zero-order chi connectivity index (χ0) is 23.7. The maximum Gasteiger partial charge on any atom is 0.506 e. The quantitative estimate of drug-likeness (QED) is 0.0891. The molecule has 0 aliphatic heterocycles. The van der Waals surface area contributed by atoms with Crippen molar-refractivity contribution in [3.05, 3.63) is 0 Å². The highest BCUT2D eigenvalue weighted by molar-refractivity contribution is 5.57. The zero-order valence-corrected chi connectivity index (χ0v) is 18.4. The van der Waals surface area contributed by atoms with Gasteiger partial charge in [-0.25, -0.2) is 4.79 Å². The van der Waals surface area contributed by atoms with Crippen LogP contribution >= 0.6 is 0 Å². The topological polar surface area (TPSA) is 172 Å². The van der Waals surface area contributed by atoms with Crippen molar-refractivity contribution in [2.24, 2.45) is 0 Å². The molecule has 4 N–H and O–H groups in total. The predicted molar refractivity (Wildman–Crippen MR) is 109 cm³/mol. The van der Waals surface area contributed by atoms with Gasteiger partial charge in [0.05, 0.1) is 106 Å². The lowest BCUT2D eigenvalue weighted by Crippen LogP contribution is -2.34. The van der Waals surface area contributed by atoms with Crippen LogP contribution in [-0.4, -0.2) is 144 Å². The minimum absolute atomic E-state index is 0.0345. The first kappa shape index (κ1) is 30.9. The maximum absolute atomic E-state index is 10.9. The molecule has 0 aromatic rings. The second-order valence-corrected chi connectivity index (χ2v) is 6.19. The first-order valence-electron chi connectivity index (χ1n) is 10.4. The standard InChI is InChI=1S/C19H38O13/c20-1-4-25-7-10-28-13-17(14-29-11-8-26-5-2-21)31-16-18(32-19(23)24)15-30-12-9-27-6-3-22/h17-18,20-22H,1-16H2,(H,23,24). The Bertz CT molecular complexity index is 383. The number of aliphatic hydroxyl groups excluding tert-OH is 3. The van der Waals surface area contributed by atoms with E-state index in [1.807, 2.05) is 0 Å². The molecule has 0 bridgehead atoms. The van der Waals surface area contributed by atoms with Gasteiger partial charge in [-0.1, -0.05) is 0 Å². The van der Waals surface area contributed by atoms with Crippen molar-refractivity contribution in [2.45, 2.75) is 12.2 Å². The van der Waals surface area contributed by atoms with Gasteiger partial charge < -0.3 is 58.3 Å². The van der Waals surface area contributed by atoms with Gasteiger partial charge in [-0.15, -0.1) is 0 Å². The predicted octanol–water partition coefficient (Wildman–Crippen LogP) is -1.49. The molecule has 0 radical (unpaired) electrons. The van der Waals surface area contributed by atoms with Gasteiger partial charge in [0.2, 0.25) is 0 Å². The van der Waals surface area contributed by atoms with E-state index >= 15 is 0 Å². The van der Waals surface area contributed by atoms with Crippen LogP contribution in [0.2, 0.25) is 0 Å². The minimum Gasteiger partial charge on any atom is -0.450 e. The average molecular weight is 475 g/mol. The van der Waals surface area contributed by atoms with Crippen LogP contribution < -0.4 is 0 Å². The summed E-state index contributed by atoms with van der Waals surface area (Å²) in [5, 5.41) is 34.9. The summed E-state index contributed by atoms with van der Waals surface area (Å²) >= 11 is 0. The number of hydrogen-bond acceptors (Lipinski definition) is 12. The molecule has 13 heteroatoms. The molecular weight excluding hydrogens is 436 g/mol. The third-order valence-electron chi connectivity index (χ3n) is 3.52. The largest absolute Gasteiger partial charge is 0.506 e. The molecular formula is C19H38O13. The molecule has 0 rings (SSSR count). The van der Waals surface area contributed by atoms with Gasteiger partial charge in [-0.05, 0) is 0 Å². The van der Waals surface area contributed by atoms with Crippen LogP contribution in [-0.2, 0) is 37.9 Å². The summed E-state index contributed by atoms with van der Waals surface area (Å²) in [4.78, 5) is 10.9. The smallest absolute Gasteiger partial charge is 0.450 e. The molecule has 1 unspecified atom stereocenters. The zero-order valence-electron chi connectivity index (χ0n) is 18.4. The van der Waals surface area contributed by atoms with Crippen molar-refractivity contribution < 1.29 is 63.1 Å². The van der Waals surface area contributed by atoms with Crippen LogP contribution in [0.3, 0.4) is 0 Å². The van der Waals surface area contributed by atoms with Crippen molar-refractivity contribution in [2.75, 3.05) is 106 Å². The third kappa shape index (κ3) is 22.1. The molecule has 0 aliphatic carbocycles. The highest BCUT2D eigenvalue weighted by Crippen LogP contribution is 2.02. The van der Waals surface area contributed by atoms with Crippen LogP contribution in [0, 0.1) is 0 Å². The van der Waals surface area contributed by atoms with Crippen molar-refractivity contribution in [3.63, 3.8) is 0 Å². The number of carboxylic acid groups (broad SMARTS) is 1. The molecule has 0 spiro atoms. The third-order valence-corrected chi connectivity index (χ3v) is 3.52. The number of aliphatic hydroxyl groups is 3. The van der Waals surface area contributed by atoms with E-state index in [-0.39, 0.29) is 92.5 Å². The van der Waals surface area contributed by atoms with E-state index in [1.54, 1.807) is 0 Å². The molecule has 1 atom stereocenters. The van der Waals surface area contributed by atoms with E-state index in [0.717, 1.165) is 0 Å². The second kappa shape index (κ2) is 24.5. The number of ether oxygens (including phenoxy) is 8. The van der Waals surface area contributed by atoms with Crippen LogP contribution in [0.1, 0.15) is 0 Å². The van der Waals surface area contributed by atoms with Crippen molar-refractivity contribution >= 4 is 6.16 Å². The minimum atomic E-state index is -1.45. The lowest BCUT2D eigenvalue weighted by Gasteiger charge is -2.22. The van der Waals surface area contributed by atoms with Crippen LogP contribution in [0.15, 0.2) is 0 Å². The number of hydrogen-bond donors (Lipinski definition) is 4.